The standard InChI is InChI=1S/C6H10N2O2/c9-5-3-6(10-8-5)1-2-7-4-6/h7H,1-4H2,(H,8,9). The van der Waals surface area contributed by atoms with Gasteiger partial charge in [-0.1, -0.05) is 0 Å². The van der Waals surface area contributed by atoms with E-state index in [2.05, 4.69) is 10.8 Å². The van der Waals surface area contributed by atoms with E-state index in [9.17, 15) is 4.79 Å². The van der Waals surface area contributed by atoms with Crippen molar-refractivity contribution in [2.75, 3.05) is 13.1 Å². The minimum Gasteiger partial charge on any atom is -0.314 e. The minimum absolute atomic E-state index is 0.00343. The van der Waals surface area contributed by atoms with Gasteiger partial charge in [0.2, 0.25) is 5.91 Å². The molecule has 2 aliphatic rings. The Bertz CT molecular complexity index is 163. The fourth-order valence-electron chi connectivity index (χ4n) is 1.49. The average Bonchev–Trinajstić information content (AvgIpc) is 2.46. The number of amides is 1. The van der Waals surface area contributed by atoms with Crippen molar-refractivity contribution in [2.45, 2.75) is 18.4 Å². The fraction of sp³-hybridized carbons (Fsp3) is 0.833. The molecule has 10 heavy (non-hydrogen) atoms. The first-order chi connectivity index (χ1) is 4.81. The van der Waals surface area contributed by atoms with Crippen LogP contribution >= 0.6 is 0 Å². The summed E-state index contributed by atoms with van der Waals surface area (Å²) in [6, 6.07) is 0. The zero-order chi connectivity index (χ0) is 7.03. The van der Waals surface area contributed by atoms with E-state index in [1.165, 1.54) is 0 Å². The lowest BCUT2D eigenvalue weighted by atomic mass is 10.00. The number of nitrogens with one attached hydrogen (secondary N) is 2. The van der Waals surface area contributed by atoms with Crippen LogP contribution in [0.2, 0.25) is 0 Å². The monoisotopic (exact) mass is 142 g/mol. The van der Waals surface area contributed by atoms with Gasteiger partial charge in [0, 0.05) is 6.54 Å². The molecule has 2 aliphatic heterocycles. The predicted octanol–water partition coefficient (Wildman–Crippen LogP) is -0.830. The molecule has 0 bridgehead atoms. The highest BCUT2D eigenvalue weighted by molar-refractivity contribution is 5.77. The van der Waals surface area contributed by atoms with Crippen LogP contribution in [-0.2, 0) is 9.63 Å². The summed E-state index contributed by atoms with van der Waals surface area (Å²) in [6.07, 6.45) is 1.45. The highest BCUT2D eigenvalue weighted by Crippen LogP contribution is 2.26. The molecule has 2 heterocycles. The second-order valence-corrected chi connectivity index (χ2v) is 2.91. The van der Waals surface area contributed by atoms with Crippen molar-refractivity contribution in [3.05, 3.63) is 0 Å². The molecule has 2 rings (SSSR count). The molecule has 0 radical (unpaired) electrons. The van der Waals surface area contributed by atoms with Gasteiger partial charge in [-0.05, 0) is 13.0 Å². The van der Waals surface area contributed by atoms with E-state index < -0.39 is 0 Å². The molecule has 0 saturated carbocycles. The molecule has 1 atom stereocenters. The molecule has 1 spiro atoms. The number of hydrogen-bond acceptors (Lipinski definition) is 3. The Balaban J connectivity index is 2.09. The molecular formula is C6H10N2O2. The Hall–Kier alpha value is -0.610. The molecule has 4 nitrogen and oxygen atoms in total. The summed E-state index contributed by atoms with van der Waals surface area (Å²) in [7, 11) is 0. The highest BCUT2D eigenvalue weighted by Gasteiger charge is 2.42. The first-order valence-corrected chi connectivity index (χ1v) is 3.48. The van der Waals surface area contributed by atoms with E-state index in [0.717, 1.165) is 19.5 Å². The molecular weight excluding hydrogens is 132 g/mol. The zero-order valence-electron chi connectivity index (χ0n) is 5.64. The van der Waals surface area contributed by atoms with Crippen molar-refractivity contribution in [3.8, 4) is 0 Å². The molecule has 1 unspecified atom stereocenters. The van der Waals surface area contributed by atoms with Crippen molar-refractivity contribution in [1.29, 1.82) is 0 Å². The van der Waals surface area contributed by atoms with Crippen LogP contribution in [0.4, 0.5) is 0 Å². The smallest absolute Gasteiger partial charge is 0.246 e. The van der Waals surface area contributed by atoms with Gasteiger partial charge in [-0.3, -0.25) is 9.63 Å². The van der Waals surface area contributed by atoms with Crippen LogP contribution in [0, 0.1) is 0 Å². The lowest BCUT2D eigenvalue weighted by Crippen LogP contribution is -2.31. The highest BCUT2D eigenvalue weighted by atomic mass is 16.7. The molecule has 0 aliphatic carbocycles. The van der Waals surface area contributed by atoms with Gasteiger partial charge in [0.1, 0.15) is 5.60 Å². The molecule has 0 aromatic carbocycles. The first kappa shape index (κ1) is 6.12. The maximum atomic E-state index is 10.7. The van der Waals surface area contributed by atoms with Crippen LogP contribution in [0.5, 0.6) is 0 Å². The summed E-state index contributed by atoms with van der Waals surface area (Å²) < 4.78 is 0. The number of hydrogen-bond donors (Lipinski definition) is 2. The lowest BCUT2D eigenvalue weighted by molar-refractivity contribution is -0.125. The molecule has 2 saturated heterocycles. The van der Waals surface area contributed by atoms with Crippen molar-refractivity contribution in [2.24, 2.45) is 0 Å². The second-order valence-electron chi connectivity index (χ2n) is 2.91. The Morgan fingerprint density at radius 3 is 3.00 bits per heavy atom. The van der Waals surface area contributed by atoms with Crippen molar-refractivity contribution in [1.82, 2.24) is 10.8 Å². The van der Waals surface area contributed by atoms with Crippen LogP contribution in [0.15, 0.2) is 0 Å². The van der Waals surface area contributed by atoms with E-state index in [1.807, 2.05) is 0 Å². The van der Waals surface area contributed by atoms with E-state index in [0.29, 0.717) is 6.42 Å². The van der Waals surface area contributed by atoms with E-state index in [1.54, 1.807) is 0 Å². The van der Waals surface area contributed by atoms with E-state index in [-0.39, 0.29) is 11.5 Å². The normalized spacial score (nSPS) is 39.0. The number of carbonyl (C=O) groups is 1. The molecule has 2 fully saturated rings. The van der Waals surface area contributed by atoms with E-state index >= 15 is 0 Å². The van der Waals surface area contributed by atoms with Gasteiger partial charge in [0.05, 0.1) is 6.42 Å². The van der Waals surface area contributed by atoms with Gasteiger partial charge < -0.3 is 5.32 Å². The van der Waals surface area contributed by atoms with Crippen LogP contribution in [-0.4, -0.2) is 24.6 Å². The largest absolute Gasteiger partial charge is 0.314 e. The van der Waals surface area contributed by atoms with Gasteiger partial charge in [-0.15, -0.1) is 0 Å². The Kier molecular flexibility index (Phi) is 1.18. The van der Waals surface area contributed by atoms with Gasteiger partial charge >= 0.3 is 0 Å². The topological polar surface area (TPSA) is 50.4 Å². The molecule has 2 N–H and O–H groups in total. The summed E-state index contributed by atoms with van der Waals surface area (Å²) >= 11 is 0. The average molecular weight is 142 g/mol. The number of carbonyl (C=O) groups excluding carboxylic acids is 1. The molecule has 0 aromatic rings. The van der Waals surface area contributed by atoms with Gasteiger partial charge in [0.25, 0.3) is 0 Å². The summed E-state index contributed by atoms with van der Waals surface area (Å²) in [4.78, 5) is 15.9. The summed E-state index contributed by atoms with van der Waals surface area (Å²) in [5, 5.41) is 3.16. The van der Waals surface area contributed by atoms with Gasteiger partial charge in [0.15, 0.2) is 0 Å². The number of hydroxylamine groups is 1. The van der Waals surface area contributed by atoms with Crippen molar-refractivity contribution in [3.63, 3.8) is 0 Å². The SMILES string of the molecule is O=C1CC2(CCNC2)ON1. The third-order valence-electron chi connectivity index (χ3n) is 2.07. The van der Waals surface area contributed by atoms with Gasteiger partial charge in [-0.2, -0.15) is 0 Å². The molecule has 0 aromatic heterocycles. The first-order valence-electron chi connectivity index (χ1n) is 3.48. The number of rotatable bonds is 0. The van der Waals surface area contributed by atoms with Gasteiger partial charge in [-0.25, -0.2) is 5.48 Å². The maximum absolute atomic E-state index is 10.7. The van der Waals surface area contributed by atoms with Crippen LogP contribution in [0.1, 0.15) is 12.8 Å². The third-order valence-corrected chi connectivity index (χ3v) is 2.07. The Morgan fingerprint density at radius 2 is 2.50 bits per heavy atom. The minimum atomic E-state index is -0.211. The second kappa shape index (κ2) is 1.93. The molecule has 56 valence electrons. The van der Waals surface area contributed by atoms with Crippen LogP contribution in [0.3, 0.4) is 0 Å². The summed E-state index contributed by atoms with van der Waals surface area (Å²) in [5.74, 6) is 0.00343. The quantitative estimate of drug-likeness (QED) is 0.464. The van der Waals surface area contributed by atoms with Crippen LogP contribution < -0.4 is 10.8 Å². The molecule has 1 amide bonds. The van der Waals surface area contributed by atoms with Crippen molar-refractivity contribution < 1.29 is 9.63 Å². The summed E-state index contributed by atoms with van der Waals surface area (Å²) in [5.41, 5.74) is 2.16. The maximum Gasteiger partial charge on any atom is 0.246 e. The fourth-order valence-corrected chi connectivity index (χ4v) is 1.49. The van der Waals surface area contributed by atoms with Crippen LogP contribution in [0.25, 0.3) is 0 Å². The van der Waals surface area contributed by atoms with E-state index in [4.69, 9.17) is 4.84 Å². The predicted molar refractivity (Wildman–Crippen MR) is 34.1 cm³/mol. The lowest BCUT2D eigenvalue weighted by Gasteiger charge is -2.16. The molecule has 4 heteroatoms. The zero-order valence-corrected chi connectivity index (χ0v) is 5.64. The third kappa shape index (κ3) is 0.803. The Morgan fingerprint density at radius 1 is 1.60 bits per heavy atom. The summed E-state index contributed by atoms with van der Waals surface area (Å²) in [6.45, 7) is 1.75. The Labute approximate surface area is 58.9 Å². The van der Waals surface area contributed by atoms with Crippen molar-refractivity contribution >= 4 is 5.91 Å².